The molecule has 1 aliphatic carbocycles. The van der Waals surface area contributed by atoms with E-state index in [1.54, 1.807) is 0 Å². The smallest absolute Gasteiger partial charge is 0.240 e. The molecule has 2 rings (SSSR count). The van der Waals surface area contributed by atoms with E-state index in [1.165, 1.54) is 31.3 Å². The highest BCUT2D eigenvalue weighted by Crippen LogP contribution is 2.26. The van der Waals surface area contributed by atoms with Crippen LogP contribution >= 0.6 is 0 Å². The normalized spacial score (nSPS) is 22.8. The molecule has 0 aliphatic heterocycles. The maximum Gasteiger partial charge on any atom is 0.240 e. The number of hydrogen-bond acceptors (Lipinski definition) is 5. The van der Waals surface area contributed by atoms with Gasteiger partial charge in [-0.3, -0.25) is 0 Å². The van der Waals surface area contributed by atoms with E-state index in [4.69, 9.17) is 5.73 Å². The van der Waals surface area contributed by atoms with Crippen LogP contribution in [0.1, 0.15) is 19.3 Å². The Labute approximate surface area is 131 Å². The lowest BCUT2D eigenvalue weighted by Gasteiger charge is -2.19. The molecule has 0 radical (unpaired) electrons. The molecule has 1 saturated carbocycles. The van der Waals surface area contributed by atoms with Crippen LogP contribution in [0.25, 0.3) is 0 Å². The zero-order valence-electron chi connectivity index (χ0n) is 12.3. The molecule has 9 heteroatoms. The minimum atomic E-state index is -3.68. The predicted molar refractivity (Wildman–Crippen MR) is 83.2 cm³/mol. The summed E-state index contributed by atoms with van der Waals surface area (Å²) in [4.78, 5) is 0.0693. The van der Waals surface area contributed by atoms with Crippen LogP contribution in [-0.4, -0.2) is 36.5 Å². The zero-order valence-corrected chi connectivity index (χ0v) is 14.0. The second-order valence-electron chi connectivity index (χ2n) is 5.33. The van der Waals surface area contributed by atoms with E-state index in [9.17, 15) is 16.8 Å². The van der Waals surface area contributed by atoms with Crippen molar-refractivity contribution in [3.05, 3.63) is 24.3 Å². The second kappa shape index (κ2) is 6.63. The lowest BCUT2D eigenvalue weighted by Crippen LogP contribution is -2.39. The topological polar surface area (TPSA) is 118 Å². The van der Waals surface area contributed by atoms with Crippen LogP contribution < -0.4 is 15.2 Å². The third-order valence-electron chi connectivity index (χ3n) is 3.98. The average Bonchev–Trinajstić information content (AvgIpc) is 2.94. The molecule has 2 atom stereocenters. The van der Waals surface area contributed by atoms with Gasteiger partial charge in [0.2, 0.25) is 20.0 Å². The van der Waals surface area contributed by atoms with Gasteiger partial charge in [-0.15, -0.1) is 0 Å². The Kier molecular flexibility index (Phi) is 5.23. The maximum atomic E-state index is 12.4. The monoisotopic (exact) mass is 347 g/mol. The van der Waals surface area contributed by atoms with Crippen LogP contribution in [0, 0.1) is 5.92 Å². The third-order valence-corrected chi connectivity index (χ3v) is 6.92. The highest BCUT2D eigenvalue weighted by Gasteiger charge is 2.30. The summed E-state index contributed by atoms with van der Waals surface area (Å²) >= 11 is 0. The van der Waals surface area contributed by atoms with E-state index < -0.39 is 20.0 Å². The summed E-state index contributed by atoms with van der Waals surface area (Å²) in [5.74, 6) is 0.152. The van der Waals surface area contributed by atoms with Gasteiger partial charge in [0.25, 0.3) is 0 Å². The van der Waals surface area contributed by atoms with Crippen LogP contribution in [0.2, 0.25) is 0 Å². The summed E-state index contributed by atoms with van der Waals surface area (Å²) in [7, 11) is -5.95. The Hall–Kier alpha value is -1.00. The number of hydrogen-bond donors (Lipinski definition) is 3. The van der Waals surface area contributed by atoms with Gasteiger partial charge in [0, 0.05) is 6.04 Å². The van der Waals surface area contributed by atoms with E-state index >= 15 is 0 Å². The third kappa shape index (κ3) is 3.66. The molecule has 0 spiro atoms. The number of sulfonamides is 2. The van der Waals surface area contributed by atoms with Gasteiger partial charge < -0.3 is 5.73 Å². The maximum absolute atomic E-state index is 12.4. The first-order valence-corrected chi connectivity index (χ1v) is 10.0. The Balaban J connectivity index is 2.20. The molecule has 22 heavy (non-hydrogen) atoms. The van der Waals surface area contributed by atoms with Crippen molar-refractivity contribution in [1.29, 1.82) is 0 Å². The highest BCUT2D eigenvalue weighted by molar-refractivity contribution is 7.90. The summed E-state index contributed by atoms with van der Waals surface area (Å²) in [5, 5.41) is 0. The van der Waals surface area contributed by atoms with E-state index in [0.29, 0.717) is 6.54 Å². The van der Waals surface area contributed by atoms with Crippen LogP contribution in [0.4, 0.5) is 0 Å². The first-order valence-electron chi connectivity index (χ1n) is 7.06. The molecule has 0 bridgehead atoms. The summed E-state index contributed by atoms with van der Waals surface area (Å²) in [6.45, 7) is 0.451. The van der Waals surface area contributed by atoms with Gasteiger partial charge in [-0.05, 0) is 56.6 Å². The Morgan fingerprint density at radius 2 is 1.59 bits per heavy atom. The van der Waals surface area contributed by atoms with Crippen molar-refractivity contribution in [2.75, 3.05) is 13.6 Å². The Bertz CT molecular complexity index is 714. The van der Waals surface area contributed by atoms with E-state index in [1.807, 2.05) is 0 Å². The molecule has 1 aromatic carbocycles. The fraction of sp³-hybridized carbons (Fsp3) is 0.538. The summed E-state index contributed by atoms with van der Waals surface area (Å²) in [5.41, 5.74) is 5.66. The van der Waals surface area contributed by atoms with Crippen molar-refractivity contribution >= 4 is 20.0 Å². The van der Waals surface area contributed by atoms with Crippen LogP contribution in [0.3, 0.4) is 0 Å². The van der Waals surface area contributed by atoms with Gasteiger partial charge >= 0.3 is 0 Å². The molecule has 0 saturated heterocycles. The minimum absolute atomic E-state index is 0.0228. The summed E-state index contributed by atoms with van der Waals surface area (Å²) in [6.07, 6.45) is 2.64. The second-order valence-corrected chi connectivity index (χ2v) is 8.93. The van der Waals surface area contributed by atoms with Gasteiger partial charge in [0.15, 0.2) is 0 Å². The van der Waals surface area contributed by atoms with Gasteiger partial charge in [0.05, 0.1) is 9.79 Å². The van der Waals surface area contributed by atoms with E-state index in [0.717, 1.165) is 19.3 Å². The Morgan fingerprint density at radius 3 is 2.09 bits per heavy atom. The quantitative estimate of drug-likeness (QED) is 0.669. The van der Waals surface area contributed by atoms with Crippen molar-refractivity contribution in [2.45, 2.75) is 35.1 Å². The van der Waals surface area contributed by atoms with E-state index in [2.05, 4.69) is 9.44 Å². The predicted octanol–water partition coefficient (Wildman–Crippen LogP) is 0.000400. The average molecular weight is 347 g/mol. The van der Waals surface area contributed by atoms with E-state index in [-0.39, 0.29) is 21.8 Å². The lowest BCUT2D eigenvalue weighted by molar-refractivity contribution is 0.453. The van der Waals surface area contributed by atoms with Gasteiger partial charge in [-0.25, -0.2) is 26.3 Å². The van der Waals surface area contributed by atoms with Crippen molar-refractivity contribution < 1.29 is 16.8 Å². The summed E-state index contributed by atoms with van der Waals surface area (Å²) in [6, 6.07) is 4.97. The Morgan fingerprint density at radius 1 is 1.05 bits per heavy atom. The number of nitrogens with two attached hydrogens (primary N) is 1. The molecular formula is C13H21N3O4S2. The number of rotatable bonds is 6. The molecule has 0 aromatic heterocycles. The van der Waals surface area contributed by atoms with Crippen LogP contribution in [-0.2, 0) is 20.0 Å². The van der Waals surface area contributed by atoms with Crippen molar-refractivity contribution in [3.63, 3.8) is 0 Å². The van der Waals surface area contributed by atoms with Gasteiger partial charge in [0.1, 0.15) is 0 Å². The standard InChI is InChI=1S/C13H21N3O4S2/c1-15-21(17,18)11-5-7-12(8-6-11)22(19,20)16-13-4-2-3-10(13)9-14/h5-8,10,13,15-16H,2-4,9,14H2,1H3. The molecular weight excluding hydrogens is 326 g/mol. The molecule has 7 nitrogen and oxygen atoms in total. The van der Waals surface area contributed by atoms with Crippen LogP contribution in [0.5, 0.6) is 0 Å². The molecule has 0 heterocycles. The number of nitrogens with one attached hydrogen (secondary N) is 2. The van der Waals surface area contributed by atoms with Crippen molar-refractivity contribution in [1.82, 2.24) is 9.44 Å². The number of benzene rings is 1. The fourth-order valence-electron chi connectivity index (χ4n) is 2.66. The van der Waals surface area contributed by atoms with Gasteiger partial charge in [-0.2, -0.15) is 0 Å². The lowest BCUT2D eigenvalue weighted by atomic mass is 10.1. The summed E-state index contributed by atoms with van der Waals surface area (Å²) < 4.78 is 52.8. The first kappa shape index (κ1) is 17.4. The minimum Gasteiger partial charge on any atom is -0.330 e. The molecule has 1 fully saturated rings. The molecule has 1 aliphatic rings. The molecule has 1 aromatic rings. The van der Waals surface area contributed by atoms with Gasteiger partial charge in [-0.1, -0.05) is 6.42 Å². The SMILES string of the molecule is CNS(=O)(=O)c1ccc(S(=O)(=O)NC2CCCC2CN)cc1. The highest BCUT2D eigenvalue weighted by atomic mass is 32.2. The molecule has 4 N–H and O–H groups in total. The molecule has 2 unspecified atom stereocenters. The van der Waals surface area contributed by atoms with Crippen LogP contribution in [0.15, 0.2) is 34.1 Å². The first-order chi connectivity index (χ1) is 10.3. The van der Waals surface area contributed by atoms with Crippen molar-refractivity contribution in [3.8, 4) is 0 Å². The van der Waals surface area contributed by atoms with Crippen molar-refractivity contribution in [2.24, 2.45) is 11.7 Å². The largest absolute Gasteiger partial charge is 0.330 e. The molecule has 0 amide bonds. The fourth-order valence-corrected chi connectivity index (χ4v) is 4.73. The molecule has 124 valence electrons. The zero-order chi connectivity index (χ0) is 16.4.